The van der Waals surface area contributed by atoms with E-state index in [4.69, 9.17) is 0 Å². The average molecular weight is 478 g/mol. The Morgan fingerprint density at radius 3 is 2.38 bits per heavy atom. The van der Waals surface area contributed by atoms with Crippen LogP contribution in [0.15, 0.2) is 78.0 Å². The molecule has 0 unspecified atom stereocenters. The van der Waals surface area contributed by atoms with Crippen LogP contribution in [0.1, 0.15) is 29.9 Å². The Morgan fingerprint density at radius 1 is 0.971 bits per heavy atom. The van der Waals surface area contributed by atoms with Gasteiger partial charge in [0, 0.05) is 43.5 Å². The number of fused-ring (bicyclic) bond motifs is 1. The van der Waals surface area contributed by atoms with Crippen LogP contribution >= 0.6 is 0 Å². The summed E-state index contributed by atoms with van der Waals surface area (Å²) in [6.45, 7) is 3.83. The van der Waals surface area contributed by atoms with E-state index in [0.29, 0.717) is 18.0 Å². The Hall–Kier alpha value is -2.58. The third kappa shape index (κ3) is 4.29. The van der Waals surface area contributed by atoms with Crippen LogP contribution in [0.3, 0.4) is 0 Å². The van der Waals surface area contributed by atoms with Crippen LogP contribution in [0, 0.1) is 6.92 Å². The fraction of sp³-hybridized carbons (Fsp3) is 0.370. The van der Waals surface area contributed by atoms with E-state index in [2.05, 4.69) is 34.1 Å². The summed E-state index contributed by atoms with van der Waals surface area (Å²) >= 11 is 0. The van der Waals surface area contributed by atoms with Crippen molar-refractivity contribution in [3.05, 3.63) is 84.2 Å². The van der Waals surface area contributed by atoms with Gasteiger partial charge in [0.15, 0.2) is 0 Å². The number of hydrogen-bond donors (Lipinski definition) is 1. The second kappa shape index (κ2) is 9.58. The van der Waals surface area contributed by atoms with E-state index in [1.165, 1.54) is 0 Å². The predicted molar refractivity (Wildman–Crippen MR) is 133 cm³/mol. The maximum atomic E-state index is 13.5. The smallest absolute Gasteiger partial charge is 0.243 e. The summed E-state index contributed by atoms with van der Waals surface area (Å²) in [5.41, 5.74) is 4.30. The van der Waals surface area contributed by atoms with Crippen LogP contribution in [0.25, 0.3) is 11.1 Å². The number of aliphatic hydroxyl groups is 1. The standard InChI is InChI=1S/C27H31N3O3S/c1-20-5-4-6-24(17-20)34(32,33)29-15-2-3-16-30-25(18-29)27(26(30)19-31)23-9-7-21(8-10-23)22-11-13-28-14-12-22/h4-14,17,25-27,31H,2-3,15-16,18-19H2,1H3/t25-,26+,27+/m1/s1. The molecule has 7 heteroatoms. The lowest BCUT2D eigenvalue weighted by molar-refractivity contribution is -0.0553. The van der Waals surface area contributed by atoms with E-state index in [-0.39, 0.29) is 24.6 Å². The van der Waals surface area contributed by atoms with Crippen molar-refractivity contribution in [1.82, 2.24) is 14.2 Å². The largest absolute Gasteiger partial charge is 0.395 e. The maximum Gasteiger partial charge on any atom is 0.243 e. The third-order valence-corrected chi connectivity index (χ3v) is 9.13. The average Bonchev–Trinajstić information content (AvgIpc) is 2.84. The fourth-order valence-electron chi connectivity index (χ4n) is 5.49. The number of aliphatic hydroxyl groups excluding tert-OH is 1. The number of benzene rings is 2. The van der Waals surface area contributed by atoms with Gasteiger partial charge in [-0.05, 0) is 72.8 Å². The number of sulfonamides is 1. The first kappa shape index (κ1) is 23.2. The molecule has 3 heterocycles. The molecule has 6 nitrogen and oxygen atoms in total. The zero-order chi connectivity index (χ0) is 23.7. The van der Waals surface area contributed by atoms with E-state index in [1.54, 1.807) is 34.9 Å². The first-order valence-electron chi connectivity index (χ1n) is 11.9. The quantitative estimate of drug-likeness (QED) is 0.607. The molecule has 2 aromatic carbocycles. The zero-order valence-corrected chi connectivity index (χ0v) is 20.2. The van der Waals surface area contributed by atoms with Gasteiger partial charge in [-0.2, -0.15) is 4.31 Å². The van der Waals surface area contributed by atoms with Gasteiger partial charge < -0.3 is 5.11 Å². The van der Waals surface area contributed by atoms with Crippen molar-refractivity contribution in [3.63, 3.8) is 0 Å². The van der Waals surface area contributed by atoms with Crippen LogP contribution < -0.4 is 0 Å². The van der Waals surface area contributed by atoms with E-state index in [1.807, 2.05) is 25.1 Å². The van der Waals surface area contributed by atoms with Gasteiger partial charge in [0.2, 0.25) is 10.0 Å². The summed E-state index contributed by atoms with van der Waals surface area (Å²) < 4.78 is 28.7. The van der Waals surface area contributed by atoms with Crippen molar-refractivity contribution in [3.8, 4) is 11.1 Å². The molecule has 3 aromatic rings. The van der Waals surface area contributed by atoms with Gasteiger partial charge in [-0.1, -0.05) is 36.4 Å². The summed E-state index contributed by atoms with van der Waals surface area (Å²) in [6.07, 6.45) is 5.30. The zero-order valence-electron chi connectivity index (χ0n) is 19.4. The lowest BCUT2D eigenvalue weighted by atomic mass is 9.74. The van der Waals surface area contributed by atoms with Gasteiger partial charge in [-0.3, -0.25) is 9.88 Å². The normalized spacial score (nSPS) is 24.0. The summed E-state index contributed by atoms with van der Waals surface area (Å²) in [4.78, 5) is 6.75. The Kier molecular flexibility index (Phi) is 6.53. The molecule has 2 saturated heterocycles. The second-order valence-electron chi connectivity index (χ2n) is 9.33. The second-order valence-corrected chi connectivity index (χ2v) is 11.3. The predicted octanol–water partition coefficient (Wildman–Crippen LogP) is 3.67. The molecular weight excluding hydrogens is 446 g/mol. The Labute approximate surface area is 201 Å². The van der Waals surface area contributed by atoms with Crippen LogP contribution in [0.5, 0.6) is 0 Å². The van der Waals surface area contributed by atoms with Gasteiger partial charge in [0.25, 0.3) is 0 Å². The van der Waals surface area contributed by atoms with E-state index in [9.17, 15) is 13.5 Å². The molecule has 0 amide bonds. The van der Waals surface area contributed by atoms with E-state index in [0.717, 1.165) is 41.6 Å². The van der Waals surface area contributed by atoms with Gasteiger partial charge in [0.1, 0.15) is 0 Å². The highest BCUT2D eigenvalue weighted by atomic mass is 32.2. The number of aryl methyl sites for hydroxylation is 1. The number of hydrogen-bond acceptors (Lipinski definition) is 5. The number of pyridine rings is 1. The molecule has 178 valence electrons. The fourth-order valence-corrected chi connectivity index (χ4v) is 7.10. The highest BCUT2D eigenvalue weighted by Crippen LogP contribution is 2.43. The van der Waals surface area contributed by atoms with Gasteiger partial charge in [0.05, 0.1) is 11.5 Å². The molecule has 0 saturated carbocycles. The van der Waals surface area contributed by atoms with E-state index >= 15 is 0 Å². The summed E-state index contributed by atoms with van der Waals surface area (Å²) in [5, 5.41) is 10.2. The first-order valence-corrected chi connectivity index (χ1v) is 13.4. The van der Waals surface area contributed by atoms with Crippen molar-refractivity contribution >= 4 is 10.0 Å². The molecule has 34 heavy (non-hydrogen) atoms. The lowest BCUT2D eigenvalue weighted by Gasteiger charge is -2.57. The van der Waals surface area contributed by atoms with Crippen molar-refractivity contribution in [2.24, 2.45) is 0 Å². The molecule has 0 aliphatic carbocycles. The van der Waals surface area contributed by atoms with Crippen molar-refractivity contribution < 1.29 is 13.5 Å². The van der Waals surface area contributed by atoms with Crippen molar-refractivity contribution in [1.29, 1.82) is 0 Å². The van der Waals surface area contributed by atoms with Crippen LogP contribution in [0.2, 0.25) is 0 Å². The molecule has 2 fully saturated rings. The molecule has 2 aliphatic heterocycles. The Bertz CT molecular complexity index is 1230. The summed E-state index contributed by atoms with van der Waals surface area (Å²) in [6, 6.07) is 19.6. The lowest BCUT2D eigenvalue weighted by Crippen LogP contribution is -2.67. The third-order valence-electron chi connectivity index (χ3n) is 7.27. The summed E-state index contributed by atoms with van der Waals surface area (Å²) in [7, 11) is -3.58. The Morgan fingerprint density at radius 2 is 1.68 bits per heavy atom. The van der Waals surface area contributed by atoms with Crippen LogP contribution in [-0.4, -0.2) is 66.0 Å². The SMILES string of the molecule is Cc1cccc(S(=O)(=O)N2CCCCN3[C@H](C2)[C@H](c2ccc(-c4ccncc4)cc2)[C@@H]3CO)c1. The molecule has 0 radical (unpaired) electrons. The molecule has 0 spiro atoms. The minimum atomic E-state index is -3.58. The minimum absolute atomic E-state index is 0.0124. The highest BCUT2D eigenvalue weighted by Gasteiger charge is 2.50. The van der Waals surface area contributed by atoms with Gasteiger partial charge >= 0.3 is 0 Å². The maximum absolute atomic E-state index is 13.5. The van der Waals surface area contributed by atoms with Crippen LogP contribution in [0.4, 0.5) is 0 Å². The van der Waals surface area contributed by atoms with Crippen molar-refractivity contribution in [2.45, 2.75) is 42.7 Å². The minimum Gasteiger partial charge on any atom is -0.395 e. The number of rotatable bonds is 5. The molecule has 1 N–H and O–H groups in total. The van der Waals surface area contributed by atoms with Crippen molar-refractivity contribution in [2.75, 3.05) is 26.2 Å². The van der Waals surface area contributed by atoms with Gasteiger partial charge in [-0.15, -0.1) is 0 Å². The van der Waals surface area contributed by atoms with Gasteiger partial charge in [-0.25, -0.2) is 8.42 Å². The first-order chi connectivity index (χ1) is 16.5. The number of aromatic nitrogens is 1. The number of nitrogens with zero attached hydrogens (tertiary/aromatic N) is 3. The molecule has 5 rings (SSSR count). The molecule has 1 aromatic heterocycles. The monoisotopic (exact) mass is 477 g/mol. The highest BCUT2D eigenvalue weighted by molar-refractivity contribution is 7.89. The molecule has 3 atom stereocenters. The van der Waals surface area contributed by atoms with E-state index < -0.39 is 10.0 Å². The molecule has 2 aliphatic rings. The Balaban J connectivity index is 1.43. The molecular formula is C27H31N3O3S. The molecule has 0 bridgehead atoms. The summed E-state index contributed by atoms with van der Waals surface area (Å²) in [5.74, 6) is 0.0878. The van der Waals surface area contributed by atoms with Crippen LogP contribution in [-0.2, 0) is 10.0 Å². The topological polar surface area (TPSA) is 73.7 Å².